The van der Waals surface area contributed by atoms with Crippen LogP contribution < -0.4 is 0 Å². The highest BCUT2D eigenvalue weighted by molar-refractivity contribution is 5.85. The minimum atomic E-state index is -1.04. The molecule has 0 spiro atoms. The predicted octanol–water partition coefficient (Wildman–Crippen LogP) is 4.28. The van der Waals surface area contributed by atoms with Crippen LogP contribution in [0.25, 0.3) is 0 Å². The molecule has 9 nitrogen and oxygen atoms in total. The summed E-state index contributed by atoms with van der Waals surface area (Å²) in [6, 6.07) is 2.21. The molecule has 0 radical (unpaired) electrons. The third-order valence-electron chi connectivity index (χ3n) is 6.50. The first-order chi connectivity index (χ1) is 16.2. The number of rotatable bonds is 13. The van der Waals surface area contributed by atoms with E-state index in [1.165, 1.54) is 7.11 Å². The number of nitrogens with zero attached hydrogens (tertiary/aromatic N) is 1. The van der Waals surface area contributed by atoms with Gasteiger partial charge in [0, 0.05) is 12.8 Å². The van der Waals surface area contributed by atoms with Crippen molar-refractivity contribution in [2.45, 2.75) is 85.5 Å². The minimum Gasteiger partial charge on any atom is -0.481 e. The number of carbonyl (C=O) groups excluding carboxylic acids is 3. The number of ether oxygens (including phenoxy) is 3. The van der Waals surface area contributed by atoms with Gasteiger partial charge < -0.3 is 19.3 Å². The molecule has 3 unspecified atom stereocenters. The Hall–Kier alpha value is -2.63. The van der Waals surface area contributed by atoms with Gasteiger partial charge in [-0.2, -0.15) is 5.26 Å². The van der Waals surface area contributed by atoms with Crippen molar-refractivity contribution in [3.8, 4) is 6.07 Å². The van der Waals surface area contributed by atoms with E-state index in [1.807, 2.05) is 13.8 Å². The SMILES string of the molecule is CCC(CC)(C(=O)OC)C(C(=O)O)C1CCCC1C#N.CCOC(=O)CCCCC(=O)OCC. The lowest BCUT2D eigenvalue weighted by Gasteiger charge is -2.38. The first-order valence-corrected chi connectivity index (χ1v) is 12.2. The first-order valence-electron chi connectivity index (χ1n) is 12.2. The maximum absolute atomic E-state index is 12.2. The highest BCUT2D eigenvalue weighted by Crippen LogP contribution is 2.48. The lowest BCUT2D eigenvalue weighted by atomic mass is 9.64. The highest BCUT2D eigenvalue weighted by Gasteiger charge is 2.53. The van der Waals surface area contributed by atoms with Crippen LogP contribution >= 0.6 is 0 Å². The molecule has 3 atom stereocenters. The van der Waals surface area contributed by atoms with Crippen LogP contribution in [0.15, 0.2) is 0 Å². The van der Waals surface area contributed by atoms with Gasteiger partial charge in [0.1, 0.15) is 0 Å². The molecule has 1 saturated carbocycles. The van der Waals surface area contributed by atoms with Crippen molar-refractivity contribution in [3.63, 3.8) is 0 Å². The Bertz CT molecular complexity index is 676. The number of carboxylic acids is 1. The van der Waals surface area contributed by atoms with Crippen molar-refractivity contribution < 1.29 is 38.5 Å². The van der Waals surface area contributed by atoms with E-state index in [4.69, 9.17) is 14.2 Å². The molecule has 0 amide bonds. The monoisotopic (exact) mass is 483 g/mol. The Morgan fingerprint density at radius 3 is 1.82 bits per heavy atom. The molecule has 1 rings (SSSR count). The molecule has 0 aromatic rings. The predicted molar refractivity (Wildman–Crippen MR) is 124 cm³/mol. The zero-order valence-electron chi connectivity index (χ0n) is 21.3. The Labute approximate surface area is 203 Å². The summed E-state index contributed by atoms with van der Waals surface area (Å²) < 4.78 is 14.4. The average molecular weight is 484 g/mol. The molecule has 0 heterocycles. The molecular weight excluding hydrogens is 442 g/mol. The van der Waals surface area contributed by atoms with Crippen LogP contribution in [0.4, 0.5) is 0 Å². The van der Waals surface area contributed by atoms with Crippen molar-refractivity contribution in [1.29, 1.82) is 5.26 Å². The summed E-state index contributed by atoms with van der Waals surface area (Å²) in [5.41, 5.74) is -1.04. The molecular formula is C25H41NO8. The molecule has 0 aromatic heterocycles. The average Bonchev–Trinajstić information content (AvgIpc) is 3.28. The van der Waals surface area contributed by atoms with Crippen LogP contribution in [0.2, 0.25) is 0 Å². The number of unbranched alkanes of at least 4 members (excludes halogenated alkanes) is 1. The summed E-state index contributed by atoms with van der Waals surface area (Å²) in [7, 11) is 1.29. The van der Waals surface area contributed by atoms with Crippen molar-refractivity contribution in [3.05, 3.63) is 0 Å². The van der Waals surface area contributed by atoms with Gasteiger partial charge in [0.25, 0.3) is 0 Å². The number of nitriles is 1. The van der Waals surface area contributed by atoms with E-state index in [9.17, 15) is 29.5 Å². The van der Waals surface area contributed by atoms with Gasteiger partial charge in [-0.15, -0.1) is 0 Å². The normalized spacial score (nSPS) is 18.0. The number of methoxy groups -OCH3 is 1. The fourth-order valence-electron chi connectivity index (χ4n) is 4.69. The van der Waals surface area contributed by atoms with Crippen molar-refractivity contribution in [2.24, 2.45) is 23.2 Å². The van der Waals surface area contributed by atoms with E-state index in [1.54, 1.807) is 13.8 Å². The first kappa shape index (κ1) is 31.4. The zero-order chi connectivity index (χ0) is 26.1. The van der Waals surface area contributed by atoms with Crippen molar-refractivity contribution >= 4 is 23.9 Å². The van der Waals surface area contributed by atoms with Crippen LogP contribution in [0.5, 0.6) is 0 Å². The second-order valence-electron chi connectivity index (χ2n) is 8.32. The molecule has 1 fully saturated rings. The number of carbonyl (C=O) groups is 4. The van der Waals surface area contributed by atoms with Gasteiger partial charge in [-0.3, -0.25) is 19.2 Å². The van der Waals surface area contributed by atoms with Crippen LogP contribution in [0.1, 0.15) is 85.5 Å². The maximum atomic E-state index is 12.2. The Morgan fingerprint density at radius 2 is 1.47 bits per heavy atom. The summed E-state index contributed by atoms with van der Waals surface area (Å²) in [5, 5.41) is 18.9. The van der Waals surface area contributed by atoms with Crippen LogP contribution in [0.3, 0.4) is 0 Å². The van der Waals surface area contributed by atoms with Gasteiger partial charge in [-0.05, 0) is 58.3 Å². The fraction of sp³-hybridized carbons (Fsp3) is 0.800. The van der Waals surface area contributed by atoms with Gasteiger partial charge in [-0.25, -0.2) is 0 Å². The zero-order valence-corrected chi connectivity index (χ0v) is 21.3. The van der Waals surface area contributed by atoms with E-state index >= 15 is 0 Å². The van der Waals surface area contributed by atoms with Crippen molar-refractivity contribution in [2.75, 3.05) is 20.3 Å². The van der Waals surface area contributed by atoms with E-state index in [-0.39, 0.29) is 23.8 Å². The van der Waals surface area contributed by atoms with Gasteiger partial charge in [-0.1, -0.05) is 20.3 Å². The minimum absolute atomic E-state index is 0.198. The lowest BCUT2D eigenvalue weighted by Crippen LogP contribution is -2.47. The van der Waals surface area contributed by atoms with Gasteiger partial charge >= 0.3 is 23.9 Å². The largest absolute Gasteiger partial charge is 0.481 e. The third-order valence-corrected chi connectivity index (χ3v) is 6.50. The molecule has 0 saturated heterocycles. The summed E-state index contributed by atoms with van der Waals surface area (Å²) in [6.45, 7) is 8.00. The summed E-state index contributed by atoms with van der Waals surface area (Å²) in [5.74, 6) is -3.26. The standard InChI is InChI=1S/C15H23NO4.C10H18O4/c1-4-15(5-2,14(19)20-3)12(13(17)18)11-8-6-7-10(11)9-16;1-3-13-9(11)7-5-6-8-10(12)14-4-2/h10-12H,4-8H2,1-3H3,(H,17,18);3-8H2,1-2H3. The van der Waals surface area contributed by atoms with Crippen LogP contribution in [-0.2, 0) is 33.4 Å². The van der Waals surface area contributed by atoms with Crippen LogP contribution in [-0.4, -0.2) is 49.3 Å². The number of carboxylic acid groups (broad SMARTS) is 1. The van der Waals surface area contributed by atoms with Gasteiger partial charge in [0.2, 0.25) is 0 Å². The van der Waals surface area contributed by atoms with E-state index in [0.717, 1.165) is 12.8 Å². The second-order valence-corrected chi connectivity index (χ2v) is 8.32. The molecule has 0 bridgehead atoms. The van der Waals surface area contributed by atoms with E-state index in [2.05, 4.69) is 6.07 Å². The van der Waals surface area contributed by atoms with E-state index < -0.39 is 23.3 Å². The molecule has 9 heteroatoms. The Kier molecular flexibility index (Phi) is 15.6. The number of hydrogen-bond donors (Lipinski definition) is 1. The molecule has 1 N–H and O–H groups in total. The molecule has 194 valence electrons. The third kappa shape index (κ3) is 9.32. The lowest BCUT2D eigenvalue weighted by molar-refractivity contribution is -0.169. The van der Waals surface area contributed by atoms with Crippen LogP contribution in [0, 0.1) is 34.5 Å². The number of esters is 3. The summed E-state index contributed by atoms with van der Waals surface area (Å²) in [4.78, 5) is 45.8. The fourth-order valence-corrected chi connectivity index (χ4v) is 4.69. The topological polar surface area (TPSA) is 140 Å². The molecule has 0 aliphatic heterocycles. The van der Waals surface area contributed by atoms with Gasteiger partial charge in [0.15, 0.2) is 0 Å². The van der Waals surface area contributed by atoms with Gasteiger partial charge in [0.05, 0.1) is 43.6 Å². The number of hydrogen-bond acceptors (Lipinski definition) is 8. The second kappa shape index (κ2) is 16.9. The molecule has 0 aromatic carbocycles. The smallest absolute Gasteiger partial charge is 0.312 e. The maximum Gasteiger partial charge on any atom is 0.312 e. The Morgan fingerprint density at radius 1 is 0.971 bits per heavy atom. The van der Waals surface area contributed by atoms with E-state index in [0.29, 0.717) is 58.2 Å². The molecule has 1 aliphatic rings. The highest BCUT2D eigenvalue weighted by atomic mass is 16.5. The molecule has 1 aliphatic carbocycles. The Balaban J connectivity index is 0.000000686. The summed E-state index contributed by atoms with van der Waals surface area (Å²) in [6.07, 6.45) is 5.18. The van der Waals surface area contributed by atoms with Crippen molar-refractivity contribution in [1.82, 2.24) is 0 Å². The summed E-state index contributed by atoms with van der Waals surface area (Å²) >= 11 is 0. The number of aliphatic carboxylic acids is 1. The molecule has 34 heavy (non-hydrogen) atoms. The quantitative estimate of drug-likeness (QED) is 0.231.